The summed E-state index contributed by atoms with van der Waals surface area (Å²) in [5.41, 5.74) is 3.66. The highest BCUT2D eigenvalue weighted by molar-refractivity contribution is 7.80. The van der Waals surface area contributed by atoms with E-state index in [-0.39, 0.29) is 6.79 Å². The van der Waals surface area contributed by atoms with Gasteiger partial charge in [0.25, 0.3) is 0 Å². The first-order valence-electron chi connectivity index (χ1n) is 5.32. The molecule has 0 atom stereocenters. The zero-order valence-electron chi connectivity index (χ0n) is 9.80. The smallest absolute Gasteiger partial charge is 0.231 e. The summed E-state index contributed by atoms with van der Waals surface area (Å²) in [5.74, 6) is 1.41. The number of benzene rings is 1. The van der Waals surface area contributed by atoms with Crippen molar-refractivity contribution in [3.8, 4) is 11.5 Å². The largest absolute Gasteiger partial charge is 0.454 e. The first-order valence-corrected chi connectivity index (χ1v) is 5.72. The minimum Gasteiger partial charge on any atom is -0.454 e. The van der Waals surface area contributed by atoms with E-state index in [1.807, 2.05) is 18.2 Å². The van der Waals surface area contributed by atoms with Crippen LogP contribution < -0.4 is 20.2 Å². The molecule has 0 unspecified atom stereocenters. The number of carbonyl (C=O) groups is 1. The molecule has 0 radical (unpaired) electrons. The van der Waals surface area contributed by atoms with Crippen molar-refractivity contribution in [2.75, 3.05) is 13.8 Å². The van der Waals surface area contributed by atoms with Gasteiger partial charge in [-0.05, 0) is 29.9 Å². The number of hydrogen-bond acceptors (Lipinski definition) is 4. The Morgan fingerprint density at radius 2 is 2.28 bits per heavy atom. The fourth-order valence-corrected chi connectivity index (χ4v) is 1.64. The van der Waals surface area contributed by atoms with E-state index in [0.29, 0.717) is 23.8 Å². The van der Waals surface area contributed by atoms with Gasteiger partial charge >= 0.3 is 0 Å². The average Bonchev–Trinajstić information content (AvgIpc) is 2.85. The highest BCUT2D eigenvalue weighted by Crippen LogP contribution is 2.32. The zero-order valence-corrected chi connectivity index (χ0v) is 10.6. The van der Waals surface area contributed by atoms with Crippen LogP contribution in [0.25, 0.3) is 0 Å². The molecule has 1 aliphatic heterocycles. The Balaban J connectivity index is 2.03. The quantitative estimate of drug-likeness (QED) is 0.467. The van der Waals surface area contributed by atoms with Crippen LogP contribution in [0.3, 0.4) is 0 Å². The van der Waals surface area contributed by atoms with Crippen molar-refractivity contribution in [1.82, 2.24) is 15.8 Å². The van der Waals surface area contributed by atoms with Gasteiger partial charge in [0, 0.05) is 7.05 Å². The van der Waals surface area contributed by atoms with Crippen LogP contribution in [-0.2, 0) is 11.3 Å². The molecule has 0 aromatic heterocycles. The van der Waals surface area contributed by atoms with Gasteiger partial charge in [0.2, 0.25) is 13.2 Å². The third-order valence-corrected chi connectivity index (χ3v) is 2.68. The molecule has 18 heavy (non-hydrogen) atoms. The monoisotopic (exact) mass is 267 g/mol. The summed E-state index contributed by atoms with van der Waals surface area (Å²) in [5, 5.41) is 4.45. The van der Waals surface area contributed by atoms with Gasteiger partial charge in [-0.25, -0.2) is 0 Å². The Bertz CT molecular complexity index is 467. The molecule has 1 amide bonds. The van der Waals surface area contributed by atoms with Gasteiger partial charge in [-0.1, -0.05) is 6.07 Å². The van der Waals surface area contributed by atoms with Gasteiger partial charge in [-0.15, -0.1) is 0 Å². The van der Waals surface area contributed by atoms with Crippen LogP contribution in [0.4, 0.5) is 0 Å². The summed E-state index contributed by atoms with van der Waals surface area (Å²) in [6.45, 7) is 0.611. The molecule has 1 aromatic carbocycles. The predicted octanol–water partition coefficient (Wildman–Crippen LogP) is 0.383. The molecule has 96 valence electrons. The Labute approximate surface area is 110 Å². The third-order valence-electron chi connectivity index (χ3n) is 2.39. The summed E-state index contributed by atoms with van der Waals surface area (Å²) in [6.07, 6.45) is 0.675. The Kier molecular flexibility index (Phi) is 3.83. The molecule has 0 saturated heterocycles. The van der Waals surface area contributed by atoms with Gasteiger partial charge < -0.3 is 14.8 Å². The predicted molar refractivity (Wildman–Crippen MR) is 69.0 cm³/mol. The van der Waals surface area contributed by atoms with E-state index in [0.717, 1.165) is 11.3 Å². The molecule has 1 aromatic rings. The third kappa shape index (κ3) is 2.80. The molecule has 2 N–H and O–H groups in total. The van der Waals surface area contributed by atoms with Crippen molar-refractivity contribution < 1.29 is 14.3 Å². The normalized spacial score (nSPS) is 11.8. The molecule has 0 saturated carbocycles. The molecule has 0 fully saturated rings. The van der Waals surface area contributed by atoms with Crippen molar-refractivity contribution in [1.29, 1.82) is 0 Å². The van der Waals surface area contributed by atoms with Crippen LogP contribution in [0.5, 0.6) is 11.5 Å². The molecule has 0 spiro atoms. The summed E-state index contributed by atoms with van der Waals surface area (Å²) < 4.78 is 10.5. The number of hydrazine groups is 1. The molecule has 0 bridgehead atoms. The second kappa shape index (κ2) is 5.54. The van der Waals surface area contributed by atoms with Crippen LogP contribution in [0, 0.1) is 0 Å². The molecule has 1 heterocycles. The molecular weight excluding hydrogens is 254 g/mol. The van der Waals surface area contributed by atoms with Crippen LogP contribution in [0.2, 0.25) is 0 Å². The number of hydrogen-bond donors (Lipinski definition) is 2. The zero-order chi connectivity index (χ0) is 13.0. The molecule has 7 heteroatoms. The topological polar surface area (TPSA) is 62.8 Å². The number of ether oxygens (including phenoxy) is 2. The van der Waals surface area contributed by atoms with Crippen LogP contribution in [0.15, 0.2) is 18.2 Å². The SMILES string of the molecule is CNC(=S)NN(C=O)Cc1ccc2c(c1)OCO2. The lowest BCUT2D eigenvalue weighted by atomic mass is 10.2. The number of rotatable bonds is 4. The minimum absolute atomic E-state index is 0.234. The summed E-state index contributed by atoms with van der Waals surface area (Å²) in [6, 6.07) is 5.52. The number of thiocarbonyl (C=S) groups is 1. The van der Waals surface area contributed by atoms with Gasteiger partial charge in [0.1, 0.15) is 0 Å². The van der Waals surface area contributed by atoms with Crippen molar-refractivity contribution >= 4 is 23.7 Å². The van der Waals surface area contributed by atoms with E-state index in [1.54, 1.807) is 7.05 Å². The number of nitrogens with one attached hydrogen (secondary N) is 2. The van der Waals surface area contributed by atoms with E-state index in [1.165, 1.54) is 5.01 Å². The summed E-state index contributed by atoms with van der Waals surface area (Å²) in [4.78, 5) is 10.9. The van der Waals surface area contributed by atoms with Crippen LogP contribution in [0.1, 0.15) is 5.56 Å². The maximum Gasteiger partial charge on any atom is 0.231 e. The Morgan fingerprint density at radius 3 is 3.00 bits per heavy atom. The van der Waals surface area contributed by atoms with Crippen LogP contribution in [-0.4, -0.2) is 30.4 Å². The average molecular weight is 267 g/mol. The Morgan fingerprint density at radius 1 is 1.50 bits per heavy atom. The lowest BCUT2D eigenvalue weighted by Crippen LogP contribution is -2.44. The second-order valence-electron chi connectivity index (χ2n) is 3.61. The minimum atomic E-state index is 0.234. The number of carbonyl (C=O) groups excluding carboxylic acids is 1. The van der Waals surface area contributed by atoms with Gasteiger partial charge in [0.15, 0.2) is 16.6 Å². The lowest BCUT2D eigenvalue weighted by Gasteiger charge is -2.19. The molecule has 0 aliphatic carbocycles. The van der Waals surface area contributed by atoms with E-state index in [2.05, 4.69) is 10.7 Å². The molecule has 1 aliphatic rings. The van der Waals surface area contributed by atoms with Crippen molar-refractivity contribution in [2.45, 2.75) is 6.54 Å². The van der Waals surface area contributed by atoms with Crippen molar-refractivity contribution in [2.24, 2.45) is 0 Å². The number of fused-ring (bicyclic) bond motifs is 1. The number of nitrogens with zero attached hydrogens (tertiary/aromatic N) is 1. The lowest BCUT2D eigenvalue weighted by molar-refractivity contribution is -0.120. The molecular formula is C11H13N3O3S. The highest BCUT2D eigenvalue weighted by Gasteiger charge is 2.14. The highest BCUT2D eigenvalue weighted by atomic mass is 32.1. The van der Waals surface area contributed by atoms with Crippen LogP contribution >= 0.6 is 12.2 Å². The summed E-state index contributed by atoms with van der Waals surface area (Å²) >= 11 is 4.93. The first kappa shape index (κ1) is 12.4. The maximum absolute atomic E-state index is 10.9. The van der Waals surface area contributed by atoms with Crippen molar-refractivity contribution in [3.63, 3.8) is 0 Å². The van der Waals surface area contributed by atoms with Gasteiger partial charge in [-0.3, -0.25) is 15.2 Å². The molecule has 6 nitrogen and oxygen atoms in total. The van der Waals surface area contributed by atoms with E-state index in [4.69, 9.17) is 21.7 Å². The Hall–Kier alpha value is -2.02. The maximum atomic E-state index is 10.9. The first-order chi connectivity index (χ1) is 8.72. The standard InChI is InChI=1S/C11H13N3O3S/c1-12-11(18)13-14(6-15)5-8-2-3-9-10(4-8)17-7-16-9/h2-4,6H,5,7H2,1H3,(H2,12,13,18). The van der Waals surface area contributed by atoms with Crippen molar-refractivity contribution in [3.05, 3.63) is 23.8 Å². The van der Waals surface area contributed by atoms with E-state index >= 15 is 0 Å². The fourth-order valence-electron chi connectivity index (χ4n) is 1.53. The van der Waals surface area contributed by atoms with E-state index < -0.39 is 0 Å². The molecule has 2 rings (SSSR count). The number of amides is 1. The van der Waals surface area contributed by atoms with Gasteiger partial charge in [0.05, 0.1) is 6.54 Å². The van der Waals surface area contributed by atoms with E-state index in [9.17, 15) is 4.79 Å². The fraction of sp³-hybridized carbons (Fsp3) is 0.273. The summed E-state index contributed by atoms with van der Waals surface area (Å²) in [7, 11) is 1.68. The second-order valence-corrected chi connectivity index (χ2v) is 4.02. The van der Waals surface area contributed by atoms with Gasteiger partial charge in [-0.2, -0.15) is 0 Å².